The Bertz CT molecular complexity index is 3500. The molecule has 0 radical (unpaired) electrons. The Morgan fingerprint density at radius 3 is 1.39 bits per heavy atom. The first-order valence-corrected chi connectivity index (χ1v) is 40.9. The van der Waals surface area contributed by atoms with Gasteiger partial charge in [-0.15, -0.1) is 0 Å². The number of rotatable bonds is 50. The van der Waals surface area contributed by atoms with Gasteiger partial charge in [-0.2, -0.15) is 0 Å². The minimum absolute atomic E-state index is 0.0402. The number of nitrogens with zero attached hydrogens (tertiary/aromatic N) is 3. The van der Waals surface area contributed by atoms with E-state index < -0.39 is 205 Å². The SMILES string of the molecule is CCCCN.CCCCNC(=O)C(C(CC1C(=O)N(CCCC)C(=O)C1C(CC(C(=O)O)C(C(=O)OCCNC(=O)c1ccc(N(C)C)cc1)C(CC)OC)OC)OC)C(CC(OC)C(C(=O)OCC)C(CC(OC)C1C(=O)OC(=O)C1C)C(=O)O)C(=O)O.CCO.CN(C)c1ccc(C(=O)CCCO)cc1.[CH2+]C1C(=O)OC(=O)C1C(CC)OC. The summed E-state index contributed by atoms with van der Waals surface area (Å²) in [6.45, 7) is 17.8. The third kappa shape index (κ3) is 33.1. The summed E-state index contributed by atoms with van der Waals surface area (Å²) in [5.41, 5.74) is 8.14. The number of carbonyl (C=O) groups excluding carboxylic acids is 11. The van der Waals surface area contributed by atoms with Gasteiger partial charge in [-0.25, -0.2) is 4.79 Å². The molecule has 4 amide bonds. The summed E-state index contributed by atoms with van der Waals surface area (Å²) in [6, 6.07) is 14.3. The number of likely N-dealkylation sites (tertiary alicyclic amines) is 1. The molecule has 0 aliphatic carbocycles. The number of nitrogens with one attached hydrogen (secondary N) is 2. The minimum atomic E-state index is -1.92. The molecule has 35 heteroatoms. The molecule has 3 fully saturated rings. The Kier molecular flexibility index (Phi) is 52.7. The molecule has 0 aromatic heterocycles. The largest absolute Gasteiger partial charge is 0.481 e. The maximum absolute atomic E-state index is 14.8. The van der Waals surface area contributed by atoms with Crippen molar-refractivity contribution in [2.45, 2.75) is 182 Å². The summed E-state index contributed by atoms with van der Waals surface area (Å²) in [4.78, 5) is 190. The van der Waals surface area contributed by atoms with Gasteiger partial charge < -0.3 is 99.1 Å². The van der Waals surface area contributed by atoms with Gasteiger partial charge in [0.1, 0.15) is 12.5 Å². The number of aliphatic carboxylic acids is 3. The molecule has 120 heavy (non-hydrogen) atoms. The Hall–Kier alpha value is -9.07. The van der Waals surface area contributed by atoms with E-state index in [4.69, 9.17) is 58.6 Å². The van der Waals surface area contributed by atoms with Gasteiger partial charge in [0.2, 0.25) is 23.6 Å². The topological polar surface area (TPSA) is 492 Å². The Balaban J connectivity index is 0.00000162. The van der Waals surface area contributed by atoms with E-state index in [1.807, 2.05) is 83.0 Å². The molecule has 35 nitrogen and oxygen atoms in total. The maximum atomic E-state index is 14.8. The van der Waals surface area contributed by atoms with E-state index in [2.05, 4.69) is 29.2 Å². The zero-order valence-corrected chi connectivity index (χ0v) is 73.2. The molecule has 3 heterocycles. The van der Waals surface area contributed by atoms with Crippen molar-refractivity contribution in [3.63, 3.8) is 0 Å². The molecule has 0 spiro atoms. The second-order valence-corrected chi connectivity index (χ2v) is 29.5. The van der Waals surface area contributed by atoms with Crippen LogP contribution in [0.15, 0.2) is 48.5 Å². The van der Waals surface area contributed by atoms with Gasteiger partial charge in [0.05, 0.1) is 116 Å². The van der Waals surface area contributed by atoms with Crippen molar-refractivity contribution in [1.82, 2.24) is 15.5 Å². The summed E-state index contributed by atoms with van der Waals surface area (Å²) in [7, 11) is 15.0. The van der Waals surface area contributed by atoms with Crippen molar-refractivity contribution in [3.8, 4) is 0 Å². The van der Waals surface area contributed by atoms with Gasteiger partial charge in [-0.05, 0) is 133 Å². The predicted octanol–water partition coefficient (Wildman–Crippen LogP) is 6.25. The minimum Gasteiger partial charge on any atom is -0.481 e. The summed E-state index contributed by atoms with van der Waals surface area (Å²) in [5, 5.41) is 54.5. The Morgan fingerprint density at radius 1 is 0.525 bits per heavy atom. The van der Waals surface area contributed by atoms with Crippen LogP contribution in [0.2, 0.25) is 0 Å². The number of anilines is 2. The van der Waals surface area contributed by atoms with Crippen molar-refractivity contribution in [2.75, 3.05) is 133 Å². The van der Waals surface area contributed by atoms with E-state index in [9.17, 15) is 82.4 Å². The third-order valence-corrected chi connectivity index (χ3v) is 21.2. The number of aliphatic hydroxyl groups is 2. The Labute approximate surface area is 705 Å². The number of amides is 4. The monoisotopic (exact) mass is 1700 g/mol. The van der Waals surface area contributed by atoms with Crippen molar-refractivity contribution < 1.29 is 140 Å². The molecule has 678 valence electrons. The van der Waals surface area contributed by atoms with Crippen LogP contribution in [0.3, 0.4) is 0 Å². The van der Waals surface area contributed by atoms with Crippen molar-refractivity contribution in [2.24, 2.45) is 76.7 Å². The van der Waals surface area contributed by atoms with Gasteiger partial charge in [0.15, 0.2) is 5.78 Å². The number of methoxy groups -OCH3 is 6. The lowest BCUT2D eigenvalue weighted by atomic mass is 9.73. The molecular weight excluding hydrogens is 1570 g/mol. The highest BCUT2D eigenvalue weighted by atomic mass is 16.6. The first-order valence-electron chi connectivity index (χ1n) is 40.9. The van der Waals surface area contributed by atoms with Crippen LogP contribution in [0.5, 0.6) is 0 Å². The van der Waals surface area contributed by atoms with Crippen LogP contribution >= 0.6 is 0 Å². The number of Topliss-reactive ketones (excluding diaryl/α,β-unsaturated/α-hetero) is 1. The number of esters is 6. The third-order valence-electron chi connectivity index (χ3n) is 21.2. The smallest absolute Gasteiger partial charge is 0.362 e. The summed E-state index contributed by atoms with van der Waals surface area (Å²) in [6.07, 6.45) is -3.89. The number of hydrogen-bond donors (Lipinski definition) is 8. The summed E-state index contributed by atoms with van der Waals surface area (Å²) >= 11 is 0. The highest BCUT2D eigenvalue weighted by Crippen LogP contribution is 2.43. The molecule has 0 saturated carbocycles. The average molecular weight is 1710 g/mol. The zero-order chi connectivity index (χ0) is 91.2. The normalized spacial score (nSPS) is 19.7. The molecule has 3 saturated heterocycles. The van der Waals surface area contributed by atoms with E-state index >= 15 is 0 Å². The second-order valence-electron chi connectivity index (χ2n) is 29.5. The zero-order valence-electron chi connectivity index (χ0n) is 73.2. The van der Waals surface area contributed by atoms with Crippen molar-refractivity contribution in [1.29, 1.82) is 0 Å². The lowest BCUT2D eigenvalue weighted by Gasteiger charge is -2.36. The first kappa shape index (κ1) is 109. The number of carboxylic acids is 3. The molecule has 3 aliphatic heterocycles. The van der Waals surface area contributed by atoms with E-state index in [0.717, 1.165) is 37.0 Å². The van der Waals surface area contributed by atoms with Gasteiger partial charge in [-0.1, -0.05) is 60.8 Å². The number of benzene rings is 2. The fourth-order valence-electron chi connectivity index (χ4n) is 14.4. The number of carboxylic acid groups (broad SMARTS) is 3. The van der Waals surface area contributed by atoms with Crippen LogP contribution in [0.1, 0.15) is 166 Å². The number of ether oxygens (including phenoxy) is 10. The van der Waals surface area contributed by atoms with E-state index in [-0.39, 0.29) is 64.4 Å². The molecule has 2 aromatic carbocycles. The Morgan fingerprint density at radius 2 is 0.992 bits per heavy atom. The molecular formula is C85H135N6O29+. The maximum Gasteiger partial charge on any atom is 0.362 e. The second kappa shape index (κ2) is 58.0. The molecule has 3 aliphatic rings. The molecule has 5 rings (SSSR count). The number of aliphatic hydroxyl groups excluding tert-OH is 2. The first-order chi connectivity index (χ1) is 57.0. The standard InChI is InChI=1S/C58H88N4O22.C12H17NO2.C9H13O4.C4H11N.C2H6O/c1-13-17-23-59-49(64)44(35(52(67)68)28-42(81-12)47(56(74)82-16-4)37(54(71)72)29-39(78-9)43-31(5)55(73)84-58(43)76)40(79-10)27-34-45(51(66)62(50(34)65)25-18-14-2)41(80-11)30-36(53(69)70)46(38(15-3)77-8)57(75)83-26-24-60-48(63)32-19-21-33(22-20-32)61(6)7;1-13(2)11-7-5-10(6-8-11)12(15)4-3-9-14;1-4-6(12-3)7-5(2)8(10)13-9(7)11;1-2-3-4-5;1-2-3/h19-22,31,34-47H,13-18,23-30H2,1-12H3,(H,59,64)(H,60,63)(H,67,68)(H,69,70)(H,71,72);5-8,14H,3-4,9H2,1-2H3;5-7H,2,4H2,1,3H3;2-5H2,1H3;3H,2H2,1H3/q;;+1;;. The number of imide groups is 1. The fraction of sp³-hybridized carbons (Fsp3) is 0.682. The molecule has 0 bridgehead atoms. The van der Waals surface area contributed by atoms with E-state index in [0.29, 0.717) is 56.1 Å². The number of cyclic esters (lactones) is 4. The van der Waals surface area contributed by atoms with Crippen molar-refractivity contribution in [3.05, 3.63) is 66.6 Å². The van der Waals surface area contributed by atoms with Crippen LogP contribution in [0.4, 0.5) is 11.4 Å². The van der Waals surface area contributed by atoms with Crippen LogP contribution in [0, 0.1) is 77.9 Å². The van der Waals surface area contributed by atoms with E-state index in [1.54, 1.807) is 38.1 Å². The number of nitrogens with two attached hydrogens (primary N) is 1. The molecule has 18 atom stereocenters. The molecule has 18 unspecified atom stereocenters. The fourth-order valence-corrected chi connectivity index (χ4v) is 14.4. The lowest BCUT2D eigenvalue weighted by molar-refractivity contribution is -0.169. The quantitative estimate of drug-likeness (QED) is 0.00690. The van der Waals surface area contributed by atoms with Crippen LogP contribution in [-0.2, 0) is 105 Å². The van der Waals surface area contributed by atoms with Crippen molar-refractivity contribution >= 4 is 94.5 Å². The summed E-state index contributed by atoms with van der Waals surface area (Å²) < 4.78 is 54.2. The number of hydrogen-bond acceptors (Lipinski definition) is 29. The average Bonchev–Trinajstić information content (AvgIpc) is 1.60. The van der Waals surface area contributed by atoms with Gasteiger partial charge in [0, 0.05) is 126 Å². The van der Waals surface area contributed by atoms with Crippen LogP contribution < -0.4 is 26.2 Å². The summed E-state index contributed by atoms with van der Waals surface area (Å²) in [5.74, 6) is -29.8. The van der Waals surface area contributed by atoms with Gasteiger partial charge >= 0.3 is 53.7 Å². The highest BCUT2D eigenvalue weighted by molar-refractivity contribution is 6.06. The predicted molar refractivity (Wildman–Crippen MR) is 440 cm³/mol. The van der Waals surface area contributed by atoms with E-state index in [1.165, 1.54) is 55.1 Å². The van der Waals surface area contributed by atoms with Gasteiger partial charge in [-0.3, -0.25) is 67.2 Å². The number of carbonyl (C=O) groups is 14. The number of unbranched alkanes of at least 4 members (excludes halogenated alkanes) is 3. The number of ketones is 1. The van der Waals surface area contributed by atoms with Gasteiger partial charge in [0.25, 0.3) is 5.91 Å². The molecule has 2 aromatic rings. The van der Waals surface area contributed by atoms with Crippen LogP contribution in [-0.4, -0.2) is 274 Å². The molecule has 9 N–H and O–H groups in total. The lowest BCUT2D eigenvalue weighted by Crippen LogP contribution is -2.50. The van der Waals surface area contributed by atoms with Crippen LogP contribution in [0.25, 0.3) is 0 Å². The highest BCUT2D eigenvalue weighted by Gasteiger charge is 2.57.